The zero-order chi connectivity index (χ0) is 29.1. The monoisotopic (exact) mass is 555 g/mol. The van der Waals surface area contributed by atoms with E-state index in [2.05, 4.69) is 32.3 Å². The largest absolute Gasteiger partial charge is 0.542 e. The Hall–Kier alpha value is -1.59. The van der Waals surface area contributed by atoms with Crippen LogP contribution in [0.4, 0.5) is 13.2 Å². The molecule has 2 rings (SSSR count). The molecule has 0 aromatic carbocycles. The van der Waals surface area contributed by atoms with Gasteiger partial charge in [0, 0.05) is 30.9 Å². The zero-order valence-electron chi connectivity index (χ0n) is 25.5. The second-order valence-electron chi connectivity index (χ2n) is 11.5. The van der Waals surface area contributed by atoms with Gasteiger partial charge in [0.25, 0.3) is 0 Å². The van der Waals surface area contributed by atoms with Gasteiger partial charge < -0.3 is 9.90 Å². The molecule has 6 heteroatoms. The standard InChI is InChI=1S/C31H56N.C2HF3O2/c1-5-7-9-11-13-15-17-19-23-29-27(3)30(24-20-18-16-14-12-10-8-6-2)31-25-21-22-26-32(31)28(29)4;3-2(4,5)1(6)7/h5-26H2,1-4H3;(H,6,7)/q+1;/p-1. The molecular weight excluding hydrogens is 499 g/mol. The van der Waals surface area contributed by atoms with Gasteiger partial charge in [-0.25, -0.2) is 0 Å². The minimum atomic E-state index is -5.19. The predicted octanol–water partition coefficient (Wildman–Crippen LogP) is 8.59. The molecule has 0 radical (unpaired) electrons. The van der Waals surface area contributed by atoms with Crippen molar-refractivity contribution in [1.29, 1.82) is 0 Å². The van der Waals surface area contributed by atoms with Gasteiger partial charge in [0.1, 0.15) is 12.5 Å². The lowest BCUT2D eigenvalue weighted by Crippen LogP contribution is -2.46. The summed E-state index contributed by atoms with van der Waals surface area (Å²) in [6.45, 7) is 10.8. The van der Waals surface area contributed by atoms with Crippen molar-refractivity contribution in [3.8, 4) is 0 Å². The lowest BCUT2D eigenvalue weighted by molar-refractivity contribution is -0.715. The highest BCUT2D eigenvalue weighted by molar-refractivity contribution is 5.70. The Morgan fingerprint density at radius 2 is 1.13 bits per heavy atom. The van der Waals surface area contributed by atoms with E-state index in [4.69, 9.17) is 9.90 Å². The number of unbranched alkanes of at least 4 members (excludes halogenated alkanes) is 14. The molecule has 3 nitrogen and oxygen atoms in total. The minimum absolute atomic E-state index is 1.26. The van der Waals surface area contributed by atoms with Crippen LogP contribution in [0.3, 0.4) is 0 Å². The molecule has 0 atom stereocenters. The Morgan fingerprint density at radius 3 is 1.56 bits per heavy atom. The molecule has 2 heterocycles. The summed E-state index contributed by atoms with van der Waals surface area (Å²) in [6.07, 6.45) is 24.2. The fraction of sp³-hybridized carbons (Fsp3) is 0.818. The van der Waals surface area contributed by atoms with Gasteiger partial charge in [0.05, 0.1) is 0 Å². The average molecular weight is 556 g/mol. The molecule has 0 unspecified atom stereocenters. The number of carbonyl (C=O) groups excluding carboxylic acids is 1. The van der Waals surface area contributed by atoms with Crippen LogP contribution in [0.25, 0.3) is 0 Å². The Bertz CT molecular complexity index is 820. The summed E-state index contributed by atoms with van der Waals surface area (Å²) in [5.74, 6) is -3.01. The van der Waals surface area contributed by atoms with Crippen LogP contribution in [0.15, 0.2) is 0 Å². The van der Waals surface area contributed by atoms with Crippen molar-refractivity contribution in [3.63, 3.8) is 0 Å². The van der Waals surface area contributed by atoms with Crippen molar-refractivity contribution in [3.05, 3.63) is 28.1 Å². The van der Waals surface area contributed by atoms with E-state index in [0.29, 0.717) is 0 Å². The number of alkyl halides is 3. The van der Waals surface area contributed by atoms with E-state index in [1.165, 1.54) is 141 Å². The Labute approximate surface area is 237 Å². The van der Waals surface area contributed by atoms with E-state index >= 15 is 0 Å². The molecule has 1 aliphatic rings. The highest BCUT2D eigenvalue weighted by Crippen LogP contribution is 2.26. The van der Waals surface area contributed by atoms with Gasteiger partial charge in [0.2, 0.25) is 0 Å². The van der Waals surface area contributed by atoms with Crippen LogP contribution >= 0.6 is 0 Å². The second-order valence-corrected chi connectivity index (χ2v) is 11.5. The van der Waals surface area contributed by atoms with Gasteiger partial charge in [-0.1, -0.05) is 104 Å². The number of pyridine rings is 1. The number of halogens is 3. The van der Waals surface area contributed by atoms with Crippen molar-refractivity contribution in [2.75, 3.05) is 0 Å². The maximum Gasteiger partial charge on any atom is 0.430 e. The number of aromatic nitrogens is 1. The summed E-state index contributed by atoms with van der Waals surface area (Å²) in [5.41, 5.74) is 8.42. The summed E-state index contributed by atoms with van der Waals surface area (Å²) in [6, 6.07) is 0. The molecular formula is C33H56F3NO2. The third-order valence-electron chi connectivity index (χ3n) is 8.26. The third kappa shape index (κ3) is 14.0. The van der Waals surface area contributed by atoms with Gasteiger partial charge in [-0.3, -0.25) is 0 Å². The molecule has 1 aromatic rings. The number of carbonyl (C=O) groups is 1. The maximum atomic E-state index is 10.5. The Kier molecular flexibility index (Phi) is 18.5. The van der Waals surface area contributed by atoms with Gasteiger partial charge in [-0.15, -0.1) is 0 Å². The number of fused-ring (bicyclic) bond motifs is 1. The molecule has 0 saturated carbocycles. The molecule has 0 amide bonds. The SMILES string of the molecule is CCCCCCCCCCc1c(C)c(CCCCCCCCCC)c2[n+](c1C)CCCC2.O=C([O-])C(F)(F)F. The van der Waals surface area contributed by atoms with Crippen LogP contribution in [-0.2, 0) is 30.6 Å². The van der Waals surface area contributed by atoms with Gasteiger partial charge in [0.15, 0.2) is 11.4 Å². The highest BCUT2D eigenvalue weighted by Gasteiger charge is 2.29. The van der Waals surface area contributed by atoms with Crippen LogP contribution in [0.1, 0.15) is 158 Å². The van der Waals surface area contributed by atoms with E-state index in [9.17, 15) is 13.2 Å². The van der Waals surface area contributed by atoms with Crippen molar-refractivity contribution < 1.29 is 27.6 Å². The highest BCUT2D eigenvalue weighted by atomic mass is 19.4. The fourth-order valence-electron chi connectivity index (χ4n) is 5.92. The van der Waals surface area contributed by atoms with Gasteiger partial charge in [-0.05, 0) is 44.6 Å². The summed E-state index contributed by atoms with van der Waals surface area (Å²) < 4.78 is 34.3. The minimum Gasteiger partial charge on any atom is -0.542 e. The van der Waals surface area contributed by atoms with Crippen LogP contribution in [0.2, 0.25) is 0 Å². The topological polar surface area (TPSA) is 44.0 Å². The number of rotatable bonds is 18. The van der Waals surface area contributed by atoms with Crippen molar-refractivity contribution in [2.24, 2.45) is 0 Å². The Morgan fingerprint density at radius 1 is 0.718 bits per heavy atom. The molecule has 0 spiro atoms. The van der Waals surface area contributed by atoms with Crippen molar-refractivity contribution in [1.82, 2.24) is 0 Å². The molecule has 39 heavy (non-hydrogen) atoms. The number of nitrogens with zero attached hydrogens (tertiary/aromatic N) is 1. The first-order valence-electron chi connectivity index (χ1n) is 16.0. The van der Waals surface area contributed by atoms with Crippen LogP contribution in [-0.4, -0.2) is 12.1 Å². The molecule has 0 saturated heterocycles. The molecule has 1 aromatic heterocycles. The predicted molar refractivity (Wildman–Crippen MR) is 153 cm³/mol. The third-order valence-corrected chi connectivity index (χ3v) is 8.26. The van der Waals surface area contributed by atoms with Crippen molar-refractivity contribution >= 4 is 5.97 Å². The summed E-state index contributed by atoms with van der Waals surface area (Å²) in [7, 11) is 0. The van der Waals surface area contributed by atoms with Crippen molar-refractivity contribution in [2.45, 2.75) is 175 Å². The second kappa shape index (κ2) is 20.3. The number of hydrogen-bond donors (Lipinski definition) is 0. The molecule has 0 aliphatic carbocycles. The van der Waals surface area contributed by atoms with Gasteiger partial charge >= 0.3 is 6.18 Å². The van der Waals surface area contributed by atoms with E-state index < -0.39 is 12.1 Å². The number of carboxylic acid groups (broad SMARTS) is 1. The first-order valence-corrected chi connectivity index (χ1v) is 16.0. The molecule has 0 bridgehead atoms. The quantitative estimate of drug-likeness (QED) is 0.134. The first kappa shape index (κ1) is 35.4. The lowest BCUT2D eigenvalue weighted by atomic mass is 9.89. The maximum absolute atomic E-state index is 10.5. The molecule has 0 N–H and O–H groups in total. The normalized spacial score (nSPS) is 13.1. The first-order chi connectivity index (χ1) is 18.6. The van der Waals surface area contributed by atoms with E-state index in [0.717, 1.165) is 0 Å². The van der Waals surface area contributed by atoms with Crippen LogP contribution in [0, 0.1) is 13.8 Å². The van der Waals surface area contributed by atoms with E-state index in [1.807, 2.05) is 0 Å². The number of aliphatic carboxylic acids is 1. The summed E-state index contributed by atoms with van der Waals surface area (Å²) >= 11 is 0. The van der Waals surface area contributed by atoms with E-state index in [-0.39, 0.29) is 0 Å². The smallest absolute Gasteiger partial charge is 0.430 e. The number of carboxylic acids is 1. The molecule has 1 aliphatic heterocycles. The lowest BCUT2D eigenvalue weighted by Gasteiger charge is -2.21. The number of hydrogen-bond acceptors (Lipinski definition) is 2. The molecule has 226 valence electrons. The summed E-state index contributed by atoms with van der Waals surface area (Å²) in [4.78, 5) is 8.78. The van der Waals surface area contributed by atoms with Crippen LogP contribution in [0.5, 0.6) is 0 Å². The summed E-state index contributed by atoms with van der Waals surface area (Å²) in [5, 5.41) is 8.78. The Balaban J connectivity index is 0.000000956. The van der Waals surface area contributed by atoms with Crippen LogP contribution < -0.4 is 9.67 Å². The van der Waals surface area contributed by atoms with Gasteiger partial charge in [-0.2, -0.15) is 17.7 Å². The molecule has 0 fully saturated rings. The average Bonchev–Trinajstić information content (AvgIpc) is 2.90. The zero-order valence-corrected chi connectivity index (χ0v) is 25.5. The van der Waals surface area contributed by atoms with E-state index in [1.54, 1.807) is 28.1 Å². The fourth-order valence-corrected chi connectivity index (χ4v) is 5.92.